The number of piperazine rings is 1. The minimum atomic E-state index is 0.535. The van der Waals surface area contributed by atoms with Gasteiger partial charge in [0.25, 0.3) is 0 Å². The Morgan fingerprint density at radius 1 is 0.762 bits per heavy atom. The van der Waals surface area contributed by atoms with Crippen LogP contribution in [0.4, 0.5) is 5.69 Å². The van der Waals surface area contributed by atoms with Crippen molar-refractivity contribution >= 4 is 5.69 Å². The molecular formula is C19H22N2. The Hall–Kier alpha value is -1.80. The van der Waals surface area contributed by atoms with Crippen molar-refractivity contribution < 1.29 is 0 Å². The second-order valence-electron chi connectivity index (χ2n) is 6.18. The summed E-state index contributed by atoms with van der Waals surface area (Å²) in [5.74, 6) is 0. The molecule has 108 valence electrons. The van der Waals surface area contributed by atoms with Crippen molar-refractivity contribution in [2.45, 2.75) is 24.9 Å². The van der Waals surface area contributed by atoms with Crippen molar-refractivity contribution in [1.29, 1.82) is 0 Å². The Morgan fingerprint density at radius 2 is 1.43 bits per heavy atom. The van der Waals surface area contributed by atoms with Gasteiger partial charge in [-0.25, -0.2) is 0 Å². The first kappa shape index (κ1) is 12.9. The monoisotopic (exact) mass is 278 g/mol. The summed E-state index contributed by atoms with van der Waals surface area (Å²) < 4.78 is 0. The van der Waals surface area contributed by atoms with Gasteiger partial charge in [0, 0.05) is 31.4 Å². The summed E-state index contributed by atoms with van der Waals surface area (Å²) >= 11 is 0. The minimum Gasteiger partial charge on any atom is -0.368 e. The zero-order valence-electron chi connectivity index (χ0n) is 12.4. The van der Waals surface area contributed by atoms with Gasteiger partial charge in [0.1, 0.15) is 0 Å². The van der Waals surface area contributed by atoms with Crippen LogP contribution in [0.5, 0.6) is 0 Å². The molecule has 1 aliphatic heterocycles. The molecule has 4 rings (SSSR count). The van der Waals surface area contributed by atoms with Gasteiger partial charge >= 0.3 is 0 Å². The number of hydrogen-bond acceptors (Lipinski definition) is 2. The summed E-state index contributed by atoms with van der Waals surface area (Å²) in [4.78, 5) is 5.27. The van der Waals surface area contributed by atoms with Gasteiger partial charge in [0.15, 0.2) is 0 Å². The number of rotatable bonds is 3. The molecule has 1 atom stereocenters. The summed E-state index contributed by atoms with van der Waals surface area (Å²) in [5.41, 5.74) is 2.82. The SMILES string of the molecule is c1ccc(C2CN(c3ccccc3)CCN2C2CC2)cc1. The summed E-state index contributed by atoms with van der Waals surface area (Å²) in [6, 6.07) is 23.2. The van der Waals surface area contributed by atoms with Crippen molar-refractivity contribution in [3.05, 3.63) is 66.2 Å². The molecule has 0 aromatic heterocycles. The first-order valence-corrected chi connectivity index (χ1v) is 8.02. The summed E-state index contributed by atoms with van der Waals surface area (Å²) in [5, 5.41) is 0. The van der Waals surface area contributed by atoms with Gasteiger partial charge in [-0.2, -0.15) is 0 Å². The van der Waals surface area contributed by atoms with E-state index in [0.717, 1.165) is 19.1 Å². The third kappa shape index (κ3) is 2.68. The highest BCUT2D eigenvalue weighted by molar-refractivity contribution is 5.47. The smallest absolute Gasteiger partial charge is 0.0526 e. The van der Waals surface area contributed by atoms with Crippen molar-refractivity contribution in [3.8, 4) is 0 Å². The molecule has 1 saturated carbocycles. The lowest BCUT2D eigenvalue weighted by molar-refractivity contribution is 0.168. The van der Waals surface area contributed by atoms with Crippen molar-refractivity contribution in [1.82, 2.24) is 4.90 Å². The molecule has 1 unspecified atom stereocenters. The molecule has 2 aromatic rings. The van der Waals surface area contributed by atoms with E-state index in [1.54, 1.807) is 0 Å². The van der Waals surface area contributed by atoms with Crippen LogP contribution in [-0.4, -0.2) is 30.6 Å². The lowest BCUT2D eigenvalue weighted by atomic mass is 10.0. The van der Waals surface area contributed by atoms with Crippen molar-refractivity contribution in [2.75, 3.05) is 24.5 Å². The molecule has 21 heavy (non-hydrogen) atoms. The van der Waals surface area contributed by atoms with Crippen LogP contribution in [0.1, 0.15) is 24.4 Å². The van der Waals surface area contributed by atoms with Crippen LogP contribution in [0.3, 0.4) is 0 Å². The van der Waals surface area contributed by atoms with Crippen molar-refractivity contribution in [3.63, 3.8) is 0 Å². The number of hydrogen-bond donors (Lipinski definition) is 0. The molecular weight excluding hydrogens is 256 g/mol. The lowest BCUT2D eigenvalue weighted by Crippen LogP contribution is -2.49. The lowest BCUT2D eigenvalue weighted by Gasteiger charge is -2.43. The van der Waals surface area contributed by atoms with Crippen LogP contribution in [0.2, 0.25) is 0 Å². The van der Waals surface area contributed by atoms with E-state index in [1.165, 1.54) is 30.6 Å². The second kappa shape index (κ2) is 5.53. The normalized spacial score (nSPS) is 23.2. The molecule has 1 saturated heterocycles. The Kier molecular flexibility index (Phi) is 3.40. The first-order chi connectivity index (χ1) is 10.4. The fourth-order valence-electron chi connectivity index (χ4n) is 3.49. The maximum absolute atomic E-state index is 2.73. The van der Waals surface area contributed by atoms with E-state index in [0.29, 0.717) is 6.04 Å². The van der Waals surface area contributed by atoms with E-state index in [1.807, 2.05) is 0 Å². The molecule has 2 heteroatoms. The molecule has 1 heterocycles. The molecule has 0 spiro atoms. The van der Waals surface area contributed by atoms with Gasteiger partial charge in [-0.1, -0.05) is 48.5 Å². The first-order valence-electron chi connectivity index (χ1n) is 8.02. The second-order valence-corrected chi connectivity index (χ2v) is 6.18. The summed E-state index contributed by atoms with van der Waals surface area (Å²) in [7, 11) is 0. The van der Waals surface area contributed by atoms with E-state index >= 15 is 0 Å². The molecule has 0 bridgehead atoms. The van der Waals surface area contributed by atoms with Crippen LogP contribution in [0.15, 0.2) is 60.7 Å². The van der Waals surface area contributed by atoms with Gasteiger partial charge in [-0.05, 0) is 30.5 Å². The summed E-state index contributed by atoms with van der Waals surface area (Å²) in [6.07, 6.45) is 2.77. The topological polar surface area (TPSA) is 6.48 Å². The highest BCUT2D eigenvalue weighted by Gasteiger charge is 2.37. The van der Waals surface area contributed by atoms with Gasteiger partial charge in [0.2, 0.25) is 0 Å². The molecule has 2 aliphatic rings. The van der Waals surface area contributed by atoms with Gasteiger partial charge in [0.05, 0.1) is 6.04 Å². The van der Waals surface area contributed by atoms with Crippen LogP contribution >= 0.6 is 0 Å². The summed E-state index contributed by atoms with van der Waals surface area (Å²) in [6.45, 7) is 3.42. The fraction of sp³-hybridized carbons (Fsp3) is 0.368. The fourth-order valence-corrected chi connectivity index (χ4v) is 3.49. The predicted molar refractivity (Wildman–Crippen MR) is 87.6 cm³/mol. The van der Waals surface area contributed by atoms with Gasteiger partial charge < -0.3 is 4.90 Å². The average molecular weight is 278 g/mol. The van der Waals surface area contributed by atoms with Gasteiger partial charge in [-0.15, -0.1) is 0 Å². The zero-order chi connectivity index (χ0) is 14.1. The zero-order valence-corrected chi connectivity index (χ0v) is 12.4. The van der Waals surface area contributed by atoms with Crippen molar-refractivity contribution in [2.24, 2.45) is 0 Å². The third-order valence-corrected chi connectivity index (χ3v) is 4.74. The van der Waals surface area contributed by atoms with E-state index in [4.69, 9.17) is 0 Å². The Labute approximate surface area is 127 Å². The van der Waals surface area contributed by atoms with Crippen LogP contribution < -0.4 is 4.90 Å². The highest BCUT2D eigenvalue weighted by Crippen LogP contribution is 2.37. The third-order valence-electron chi connectivity index (χ3n) is 4.74. The van der Waals surface area contributed by atoms with E-state index < -0.39 is 0 Å². The van der Waals surface area contributed by atoms with Gasteiger partial charge in [-0.3, -0.25) is 4.90 Å². The highest BCUT2D eigenvalue weighted by atomic mass is 15.3. The maximum Gasteiger partial charge on any atom is 0.0526 e. The number of benzene rings is 2. The Morgan fingerprint density at radius 3 is 2.10 bits per heavy atom. The van der Waals surface area contributed by atoms with E-state index in [-0.39, 0.29) is 0 Å². The number of anilines is 1. The Bertz CT molecular complexity index is 577. The van der Waals surface area contributed by atoms with Crippen LogP contribution in [0, 0.1) is 0 Å². The maximum atomic E-state index is 2.73. The predicted octanol–water partition coefficient (Wildman–Crippen LogP) is 3.71. The van der Waals surface area contributed by atoms with Crippen LogP contribution in [0.25, 0.3) is 0 Å². The number of nitrogens with zero attached hydrogens (tertiary/aromatic N) is 2. The Balaban J connectivity index is 1.60. The molecule has 1 aliphatic carbocycles. The molecule has 0 N–H and O–H groups in total. The largest absolute Gasteiger partial charge is 0.368 e. The average Bonchev–Trinajstić information content (AvgIpc) is 3.41. The quantitative estimate of drug-likeness (QED) is 0.844. The number of para-hydroxylation sites is 1. The standard InChI is InChI=1S/C19H22N2/c1-3-7-16(8-4-1)19-15-20(17-9-5-2-6-10-17)13-14-21(19)18-11-12-18/h1-10,18-19H,11-15H2. The molecule has 0 amide bonds. The minimum absolute atomic E-state index is 0.535. The molecule has 0 radical (unpaired) electrons. The molecule has 2 nitrogen and oxygen atoms in total. The van der Waals surface area contributed by atoms with E-state index in [2.05, 4.69) is 70.5 Å². The molecule has 2 fully saturated rings. The van der Waals surface area contributed by atoms with E-state index in [9.17, 15) is 0 Å². The van der Waals surface area contributed by atoms with Crippen LogP contribution in [-0.2, 0) is 0 Å². The molecule has 2 aromatic carbocycles.